The molecule has 0 aromatic rings. The third-order valence-corrected chi connectivity index (χ3v) is 1.21. The van der Waals surface area contributed by atoms with E-state index in [0.29, 0.717) is 0 Å². The highest BCUT2D eigenvalue weighted by molar-refractivity contribution is 5.27. The highest BCUT2D eigenvalue weighted by atomic mass is 16.3. The summed E-state index contributed by atoms with van der Waals surface area (Å²) in [6.45, 7) is 0. The van der Waals surface area contributed by atoms with Gasteiger partial charge in [-0.1, -0.05) is 0 Å². The first-order valence-corrected chi connectivity index (χ1v) is 2.89. The summed E-state index contributed by atoms with van der Waals surface area (Å²) < 4.78 is 0. The zero-order valence-corrected chi connectivity index (χ0v) is 5.41. The Morgan fingerprint density at radius 1 is 1.60 bits per heavy atom. The van der Waals surface area contributed by atoms with Crippen LogP contribution in [0.2, 0.25) is 0 Å². The van der Waals surface area contributed by atoms with E-state index in [1.54, 1.807) is 0 Å². The van der Waals surface area contributed by atoms with Crippen LogP contribution in [0.4, 0.5) is 0 Å². The molecule has 10 heavy (non-hydrogen) atoms. The first-order valence-electron chi connectivity index (χ1n) is 2.89. The van der Waals surface area contributed by atoms with Crippen LogP contribution in [0.15, 0.2) is 23.6 Å². The number of hydrogen-bond donors (Lipinski definition) is 4. The fourth-order valence-corrected chi connectivity index (χ4v) is 0.915. The Morgan fingerprint density at radius 3 is 2.60 bits per heavy atom. The average Bonchev–Trinajstić information content (AvgIpc) is 1.54. The van der Waals surface area contributed by atoms with Gasteiger partial charge in [0.2, 0.25) is 0 Å². The Kier molecular flexibility index (Phi) is 1.42. The minimum absolute atomic E-state index is 0.00463. The average molecular weight is 142 g/mol. The number of rotatable bonds is 0. The number of allylic oxidation sites excluding steroid dienone is 1. The Hall–Kier alpha value is -1.00. The van der Waals surface area contributed by atoms with Crippen molar-refractivity contribution in [2.45, 2.75) is 12.1 Å². The lowest BCUT2D eigenvalue weighted by Gasteiger charge is -2.22. The molecule has 56 valence electrons. The molecule has 0 amide bonds. The predicted molar refractivity (Wildman–Crippen MR) is 36.7 cm³/mol. The van der Waals surface area contributed by atoms with E-state index in [2.05, 4.69) is 0 Å². The van der Waals surface area contributed by atoms with Gasteiger partial charge in [0.25, 0.3) is 0 Å². The van der Waals surface area contributed by atoms with Crippen LogP contribution in [0.3, 0.4) is 0 Å². The molecular weight excluding hydrogens is 132 g/mol. The number of aliphatic hydroxyl groups excluding tert-OH is 1. The van der Waals surface area contributed by atoms with E-state index < -0.39 is 5.72 Å². The van der Waals surface area contributed by atoms with Gasteiger partial charge in [-0.15, -0.1) is 0 Å². The third kappa shape index (κ3) is 1.49. The summed E-state index contributed by atoms with van der Waals surface area (Å²) in [6.07, 6.45) is 2.68. The van der Waals surface area contributed by atoms with Gasteiger partial charge < -0.3 is 15.9 Å². The van der Waals surface area contributed by atoms with E-state index >= 15 is 0 Å². The summed E-state index contributed by atoms with van der Waals surface area (Å²) in [4.78, 5) is 0. The van der Waals surface area contributed by atoms with Crippen LogP contribution in [0, 0.1) is 0 Å². The molecule has 4 nitrogen and oxygen atoms in total. The van der Waals surface area contributed by atoms with E-state index in [1.165, 1.54) is 12.2 Å². The zero-order valence-electron chi connectivity index (χ0n) is 5.41. The second-order valence-corrected chi connectivity index (χ2v) is 2.45. The van der Waals surface area contributed by atoms with E-state index in [4.69, 9.17) is 21.7 Å². The fourth-order valence-electron chi connectivity index (χ4n) is 0.915. The van der Waals surface area contributed by atoms with Gasteiger partial charge in [-0.2, -0.15) is 0 Å². The van der Waals surface area contributed by atoms with Crippen molar-refractivity contribution >= 4 is 0 Å². The van der Waals surface area contributed by atoms with Crippen molar-refractivity contribution in [2.24, 2.45) is 11.5 Å². The van der Waals surface area contributed by atoms with Crippen LogP contribution in [-0.2, 0) is 0 Å². The second kappa shape index (κ2) is 2.00. The van der Waals surface area contributed by atoms with Crippen molar-refractivity contribution in [3.05, 3.63) is 23.6 Å². The maximum absolute atomic E-state index is 9.14. The van der Waals surface area contributed by atoms with Gasteiger partial charge in [-0.3, -0.25) is 5.73 Å². The van der Waals surface area contributed by atoms with Crippen LogP contribution in [0.5, 0.6) is 0 Å². The van der Waals surface area contributed by atoms with Crippen molar-refractivity contribution < 1.29 is 10.2 Å². The van der Waals surface area contributed by atoms with Crippen LogP contribution in [-0.4, -0.2) is 15.9 Å². The zero-order chi connectivity index (χ0) is 7.78. The Morgan fingerprint density at radius 2 is 2.20 bits per heavy atom. The Labute approximate surface area is 58.4 Å². The lowest BCUT2D eigenvalue weighted by atomic mass is 10.0. The molecule has 0 fully saturated rings. The maximum Gasteiger partial charge on any atom is 0.142 e. The molecule has 1 aliphatic rings. The molecule has 0 spiro atoms. The minimum atomic E-state index is -1.48. The number of aliphatic hydroxyl groups is 2. The molecule has 0 aromatic carbocycles. The highest BCUT2D eigenvalue weighted by Gasteiger charge is 2.23. The molecule has 0 saturated heterocycles. The van der Waals surface area contributed by atoms with Crippen LogP contribution in [0.25, 0.3) is 0 Å². The Bertz CT molecular complexity index is 206. The quantitative estimate of drug-likeness (QED) is 0.337. The molecule has 1 unspecified atom stereocenters. The predicted octanol–water partition coefficient (Wildman–Crippen LogP) is -0.678. The number of nitrogens with two attached hydrogens (primary N) is 2. The van der Waals surface area contributed by atoms with Crippen molar-refractivity contribution in [3.8, 4) is 0 Å². The monoisotopic (exact) mass is 142 g/mol. The third-order valence-electron chi connectivity index (χ3n) is 1.21. The molecular formula is C6H10N2O2. The van der Waals surface area contributed by atoms with E-state index in [1.807, 2.05) is 0 Å². The van der Waals surface area contributed by atoms with Crippen molar-refractivity contribution in [2.75, 3.05) is 0 Å². The summed E-state index contributed by atoms with van der Waals surface area (Å²) in [6, 6.07) is 0. The first-order chi connectivity index (χ1) is 4.49. The Balaban J connectivity index is 2.88. The van der Waals surface area contributed by atoms with E-state index in [9.17, 15) is 0 Å². The molecule has 0 bridgehead atoms. The second-order valence-electron chi connectivity index (χ2n) is 2.45. The molecule has 1 atom stereocenters. The molecule has 0 radical (unpaired) electrons. The lowest BCUT2D eigenvalue weighted by Crippen LogP contribution is -2.40. The van der Waals surface area contributed by atoms with Gasteiger partial charge >= 0.3 is 0 Å². The molecule has 0 saturated carbocycles. The van der Waals surface area contributed by atoms with E-state index in [0.717, 1.165) is 0 Å². The molecule has 1 aliphatic carbocycles. The fraction of sp³-hybridized carbons (Fsp3) is 0.333. The van der Waals surface area contributed by atoms with Crippen LogP contribution >= 0.6 is 0 Å². The largest absolute Gasteiger partial charge is 0.512 e. The van der Waals surface area contributed by atoms with Crippen molar-refractivity contribution in [3.63, 3.8) is 0 Å². The van der Waals surface area contributed by atoms with Gasteiger partial charge in [0.05, 0.1) is 12.2 Å². The smallest absolute Gasteiger partial charge is 0.142 e. The SMILES string of the molecule is NC1=CC(N)(O)CC(O)=C1. The lowest BCUT2D eigenvalue weighted by molar-refractivity contribution is 0.0831. The summed E-state index contributed by atoms with van der Waals surface area (Å²) in [5.74, 6) is 0.00463. The van der Waals surface area contributed by atoms with Crippen LogP contribution < -0.4 is 11.5 Å². The molecule has 0 aromatic heterocycles. The van der Waals surface area contributed by atoms with Crippen LogP contribution in [0.1, 0.15) is 6.42 Å². The maximum atomic E-state index is 9.14. The highest BCUT2D eigenvalue weighted by Crippen LogP contribution is 2.17. The van der Waals surface area contributed by atoms with Gasteiger partial charge in [0.1, 0.15) is 5.72 Å². The summed E-state index contributed by atoms with van der Waals surface area (Å²) in [7, 11) is 0. The summed E-state index contributed by atoms with van der Waals surface area (Å²) >= 11 is 0. The summed E-state index contributed by atoms with van der Waals surface area (Å²) in [5, 5.41) is 18.1. The standard InChI is InChI=1S/C6H10N2O2/c7-4-1-5(9)3-6(8,10)2-4/h1-2,9-10H,3,7-8H2. The molecule has 4 heteroatoms. The van der Waals surface area contributed by atoms with Gasteiger partial charge in [0.15, 0.2) is 0 Å². The van der Waals surface area contributed by atoms with Gasteiger partial charge in [0, 0.05) is 5.70 Å². The molecule has 1 rings (SSSR count). The number of hydrogen-bond acceptors (Lipinski definition) is 4. The summed E-state index contributed by atoms with van der Waals surface area (Å²) in [5.41, 5.74) is 9.35. The van der Waals surface area contributed by atoms with Gasteiger partial charge in [-0.25, -0.2) is 0 Å². The topological polar surface area (TPSA) is 92.5 Å². The van der Waals surface area contributed by atoms with Crippen molar-refractivity contribution in [1.82, 2.24) is 0 Å². The molecule has 6 N–H and O–H groups in total. The first kappa shape index (κ1) is 7.11. The normalized spacial score (nSPS) is 33.0. The minimum Gasteiger partial charge on any atom is -0.512 e. The van der Waals surface area contributed by atoms with Crippen molar-refractivity contribution in [1.29, 1.82) is 0 Å². The molecule has 0 aliphatic heterocycles. The van der Waals surface area contributed by atoms with E-state index in [-0.39, 0.29) is 17.9 Å². The molecule has 0 heterocycles. The van der Waals surface area contributed by atoms with Gasteiger partial charge in [-0.05, 0) is 12.2 Å².